The Labute approximate surface area is 150 Å². The third kappa shape index (κ3) is 3.35. The standard InChI is InChI=1S/C19H20N4OS/c1-14-11-15(13-20-12-14)18(24)22-7-4-8-23(10-9-22)19-21-16-5-2-3-6-17(16)25-19/h2-3,5-6,11-13H,4,7-10H2,1H3. The average molecular weight is 352 g/mol. The van der Waals surface area contributed by atoms with Crippen LogP contribution in [0.5, 0.6) is 0 Å². The fourth-order valence-electron chi connectivity index (χ4n) is 3.16. The molecule has 25 heavy (non-hydrogen) atoms. The fraction of sp³-hybridized carbons (Fsp3) is 0.316. The number of aromatic nitrogens is 2. The van der Waals surface area contributed by atoms with Gasteiger partial charge in [-0.2, -0.15) is 0 Å². The van der Waals surface area contributed by atoms with Gasteiger partial charge in [-0.1, -0.05) is 23.5 Å². The van der Waals surface area contributed by atoms with Crippen LogP contribution >= 0.6 is 11.3 Å². The zero-order valence-corrected chi connectivity index (χ0v) is 15.0. The van der Waals surface area contributed by atoms with Crippen molar-refractivity contribution in [1.82, 2.24) is 14.9 Å². The summed E-state index contributed by atoms with van der Waals surface area (Å²) in [5.74, 6) is 0.0716. The van der Waals surface area contributed by atoms with E-state index in [1.54, 1.807) is 23.7 Å². The van der Waals surface area contributed by atoms with Gasteiger partial charge < -0.3 is 9.80 Å². The topological polar surface area (TPSA) is 49.3 Å². The van der Waals surface area contributed by atoms with E-state index in [0.29, 0.717) is 12.1 Å². The average Bonchev–Trinajstić information content (AvgIpc) is 2.90. The number of thiazole rings is 1. The highest BCUT2D eigenvalue weighted by Crippen LogP contribution is 2.29. The minimum atomic E-state index is 0.0716. The molecule has 0 saturated carbocycles. The first-order chi connectivity index (χ1) is 12.2. The molecule has 4 rings (SSSR count). The maximum absolute atomic E-state index is 12.7. The monoisotopic (exact) mass is 352 g/mol. The first-order valence-corrected chi connectivity index (χ1v) is 9.34. The predicted octanol–water partition coefficient (Wildman–Crippen LogP) is 3.35. The second-order valence-corrected chi connectivity index (χ2v) is 7.36. The maximum atomic E-state index is 12.7. The number of anilines is 1. The molecule has 1 amide bonds. The Bertz CT molecular complexity index is 874. The second-order valence-electron chi connectivity index (χ2n) is 6.35. The van der Waals surface area contributed by atoms with Crippen LogP contribution in [0.3, 0.4) is 0 Å². The number of rotatable bonds is 2. The van der Waals surface area contributed by atoms with Crippen LogP contribution in [-0.4, -0.2) is 47.0 Å². The number of hydrogen-bond donors (Lipinski definition) is 0. The van der Waals surface area contributed by atoms with Gasteiger partial charge in [0.1, 0.15) is 0 Å². The molecule has 1 aromatic carbocycles. The first kappa shape index (κ1) is 16.0. The number of benzene rings is 1. The van der Waals surface area contributed by atoms with Crippen molar-refractivity contribution in [1.29, 1.82) is 0 Å². The molecule has 0 radical (unpaired) electrons. The van der Waals surface area contributed by atoms with Gasteiger partial charge in [0.15, 0.2) is 5.13 Å². The lowest BCUT2D eigenvalue weighted by molar-refractivity contribution is 0.0766. The van der Waals surface area contributed by atoms with E-state index in [4.69, 9.17) is 4.98 Å². The van der Waals surface area contributed by atoms with Crippen molar-refractivity contribution in [2.24, 2.45) is 0 Å². The highest BCUT2D eigenvalue weighted by molar-refractivity contribution is 7.22. The van der Waals surface area contributed by atoms with Crippen molar-refractivity contribution in [3.63, 3.8) is 0 Å². The van der Waals surface area contributed by atoms with Crippen LogP contribution in [0.4, 0.5) is 5.13 Å². The number of aryl methyl sites for hydroxylation is 1. The summed E-state index contributed by atoms with van der Waals surface area (Å²) in [4.78, 5) is 25.9. The quantitative estimate of drug-likeness (QED) is 0.710. The van der Waals surface area contributed by atoms with Crippen molar-refractivity contribution >= 4 is 32.6 Å². The number of amides is 1. The number of carbonyl (C=O) groups excluding carboxylic acids is 1. The molecule has 0 unspecified atom stereocenters. The molecule has 3 heterocycles. The van der Waals surface area contributed by atoms with Crippen LogP contribution < -0.4 is 4.90 Å². The SMILES string of the molecule is Cc1cncc(C(=O)N2CCCN(c3nc4ccccc4s3)CC2)c1. The molecule has 0 bridgehead atoms. The molecule has 6 heteroatoms. The largest absolute Gasteiger partial charge is 0.346 e. The highest BCUT2D eigenvalue weighted by atomic mass is 32.1. The summed E-state index contributed by atoms with van der Waals surface area (Å²) in [6, 6.07) is 10.1. The van der Waals surface area contributed by atoms with E-state index >= 15 is 0 Å². The molecule has 1 fully saturated rings. The van der Waals surface area contributed by atoms with Crippen LogP contribution in [0.2, 0.25) is 0 Å². The smallest absolute Gasteiger partial charge is 0.255 e. The summed E-state index contributed by atoms with van der Waals surface area (Å²) < 4.78 is 1.21. The Hall–Kier alpha value is -2.47. The molecular weight excluding hydrogens is 332 g/mol. The molecule has 128 valence electrons. The van der Waals surface area contributed by atoms with Gasteiger partial charge in [-0.3, -0.25) is 9.78 Å². The lowest BCUT2D eigenvalue weighted by Gasteiger charge is -2.21. The Morgan fingerprint density at radius 2 is 2.00 bits per heavy atom. The number of carbonyl (C=O) groups is 1. The first-order valence-electron chi connectivity index (χ1n) is 8.52. The zero-order chi connectivity index (χ0) is 17.2. The van der Waals surface area contributed by atoms with Crippen LogP contribution in [0.25, 0.3) is 10.2 Å². The number of fused-ring (bicyclic) bond motifs is 1. The lowest BCUT2D eigenvalue weighted by atomic mass is 10.2. The Balaban J connectivity index is 1.49. The van der Waals surface area contributed by atoms with Crippen LogP contribution in [0.1, 0.15) is 22.3 Å². The van der Waals surface area contributed by atoms with Crippen molar-refractivity contribution < 1.29 is 4.79 Å². The van der Waals surface area contributed by atoms with Gasteiger partial charge >= 0.3 is 0 Å². The van der Waals surface area contributed by atoms with Gasteiger partial charge in [-0.25, -0.2) is 4.98 Å². The van der Waals surface area contributed by atoms with E-state index in [0.717, 1.165) is 42.3 Å². The molecule has 0 N–H and O–H groups in total. The molecule has 5 nitrogen and oxygen atoms in total. The van der Waals surface area contributed by atoms with E-state index in [9.17, 15) is 4.79 Å². The van der Waals surface area contributed by atoms with Gasteiger partial charge in [-0.15, -0.1) is 0 Å². The van der Waals surface area contributed by atoms with Crippen molar-refractivity contribution in [3.8, 4) is 0 Å². The molecule has 1 aliphatic rings. The number of para-hydroxylation sites is 1. The minimum absolute atomic E-state index is 0.0716. The van der Waals surface area contributed by atoms with Gasteiger partial charge in [0.2, 0.25) is 0 Å². The van der Waals surface area contributed by atoms with Crippen molar-refractivity contribution in [3.05, 3.63) is 53.9 Å². The molecular formula is C19H20N4OS. The molecule has 0 atom stereocenters. The Kier molecular flexibility index (Phi) is 4.36. The summed E-state index contributed by atoms with van der Waals surface area (Å²) in [6.45, 7) is 5.18. The fourth-order valence-corrected chi connectivity index (χ4v) is 4.18. The number of nitrogens with zero attached hydrogens (tertiary/aromatic N) is 4. The zero-order valence-electron chi connectivity index (χ0n) is 14.2. The minimum Gasteiger partial charge on any atom is -0.346 e. The second kappa shape index (κ2) is 6.80. The molecule has 3 aromatic rings. The van der Waals surface area contributed by atoms with Crippen molar-refractivity contribution in [2.75, 3.05) is 31.1 Å². The maximum Gasteiger partial charge on any atom is 0.255 e. The van der Waals surface area contributed by atoms with Gasteiger partial charge in [-0.05, 0) is 37.1 Å². The van der Waals surface area contributed by atoms with E-state index < -0.39 is 0 Å². The van der Waals surface area contributed by atoms with E-state index in [1.807, 2.05) is 36.1 Å². The molecule has 0 aliphatic carbocycles. The van der Waals surface area contributed by atoms with Gasteiger partial charge in [0.25, 0.3) is 5.91 Å². The lowest BCUT2D eigenvalue weighted by Crippen LogP contribution is -2.35. The van der Waals surface area contributed by atoms with Crippen LogP contribution in [0.15, 0.2) is 42.7 Å². The number of hydrogen-bond acceptors (Lipinski definition) is 5. The van der Waals surface area contributed by atoms with Gasteiger partial charge in [0, 0.05) is 38.6 Å². The normalized spacial score (nSPS) is 15.4. The van der Waals surface area contributed by atoms with Crippen molar-refractivity contribution in [2.45, 2.75) is 13.3 Å². The molecule has 0 spiro atoms. The Morgan fingerprint density at radius 1 is 1.12 bits per heavy atom. The summed E-state index contributed by atoms with van der Waals surface area (Å²) >= 11 is 1.72. The van der Waals surface area contributed by atoms with E-state index in [1.165, 1.54) is 4.70 Å². The third-order valence-corrected chi connectivity index (χ3v) is 5.56. The molecule has 1 aliphatic heterocycles. The Morgan fingerprint density at radius 3 is 2.84 bits per heavy atom. The molecule has 1 saturated heterocycles. The third-order valence-electron chi connectivity index (χ3n) is 4.46. The summed E-state index contributed by atoms with van der Waals surface area (Å²) in [5.41, 5.74) is 2.73. The van der Waals surface area contributed by atoms with Crippen LogP contribution in [0, 0.1) is 6.92 Å². The van der Waals surface area contributed by atoms with Gasteiger partial charge in [0.05, 0.1) is 15.8 Å². The summed E-state index contributed by atoms with van der Waals surface area (Å²) in [6.07, 6.45) is 4.38. The predicted molar refractivity (Wildman–Crippen MR) is 101 cm³/mol. The van der Waals surface area contributed by atoms with E-state index in [2.05, 4.69) is 16.0 Å². The molecule has 2 aromatic heterocycles. The number of pyridine rings is 1. The highest BCUT2D eigenvalue weighted by Gasteiger charge is 2.22. The van der Waals surface area contributed by atoms with Crippen LogP contribution in [-0.2, 0) is 0 Å². The summed E-state index contributed by atoms with van der Waals surface area (Å²) in [5, 5.41) is 1.05. The van der Waals surface area contributed by atoms with E-state index in [-0.39, 0.29) is 5.91 Å². The summed E-state index contributed by atoms with van der Waals surface area (Å²) in [7, 11) is 0.